The Hall–Kier alpha value is -3.13. The van der Waals surface area contributed by atoms with Crippen LogP contribution in [0.2, 0.25) is 5.02 Å². The minimum atomic E-state index is 0.157. The number of aromatic nitrogens is 4. The molecule has 0 saturated heterocycles. The molecule has 1 atom stereocenters. The number of ether oxygens (including phenoxy) is 2. The fraction of sp³-hybridized carbons (Fsp3) is 0.263. The number of anilines is 2. The summed E-state index contributed by atoms with van der Waals surface area (Å²) in [6, 6.07) is 5.53. The number of rotatable bonds is 5. The van der Waals surface area contributed by atoms with E-state index < -0.39 is 0 Å². The summed E-state index contributed by atoms with van der Waals surface area (Å²) >= 11 is 6.06. The first kappa shape index (κ1) is 18.2. The predicted octanol–water partition coefficient (Wildman–Crippen LogP) is 3.16. The lowest BCUT2D eigenvalue weighted by Crippen LogP contribution is -2.19. The van der Waals surface area contributed by atoms with E-state index in [1.54, 1.807) is 18.5 Å². The monoisotopic (exact) mass is 398 g/mol. The molecule has 1 aliphatic heterocycles. The maximum absolute atomic E-state index is 6.06. The molecule has 9 heteroatoms. The van der Waals surface area contributed by atoms with Crippen LogP contribution in [-0.2, 0) is 0 Å². The largest absolute Gasteiger partial charge is 0.484 e. The summed E-state index contributed by atoms with van der Waals surface area (Å²) in [6.07, 6.45) is 4.87. The highest BCUT2D eigenvalue weighted by atomic mass is 35.5. The Bertz CT molecular complexity index is 1000. The average molecular weight is 399 g/mol. The fourth-order valence-electron chi connectivity index (χ4n) is 2.93. The van der Waals surface area contributed by atoms with Crippen molar-refractivity contribution in [2.24, 2.45) is 0 Å². The molecule has 0 amide bonds. The first-order valence-electron chi connectivity index (χ1n) is 8.83. The van der Waals surface area contributed by atoms with Crippen LogP contribution in [0.4, 0.5) is 11.6 Å². The highest BCUT2D eigenvalue weighted by Gasteiger charge is 2.20. The maximum atomic E-state index is 6.06. The molecule has 28 heavy (non-hydrogen) atoms. The van der Waals surface area contributed by atoms with Crippen molar-refractivity contribution in [3.05, 3.63) is 47.5 Å². The zero-order valence-corrected chi connectivity index (χ0v) is 16.0. The van der Waals surface area contributed by atoms with Crippen LogP contribution in [0.25, 0.3) is 11.3 Å². The normalized spacial score (nSPS) is 13.8. The van der Waals surface area contributed by atoms with E-state index in [1.807, 2.05) is 12.1 Å². The van der Waals surface area contributed by atoms with Crippen molar-refractivity contribution in [1.29, 1.82) is 0 Å². The molecular formula is C19H19ClN6O2. The predicted molar refractivity (Wildman–Crippen MR) is 107 cm³/mol. The summed E-state index contributed by atoms with van der Waals surface area (Å²) in [5.41, 5.74) is 8.19. The second-order valence-electron chi connectivity index (χ2n) is 6.39. The van der Waals surface area contributed by atoms with Gasteiger partial charge in [-0.1, -0.05) is 18.5 Å². The zero-order valence-electron chi connectivity index (χ0n) is 15.2. The van der Waals surface area contributed by atoms with Gasteiger partial charge in [-0.05, 0) is 12.1 Å². The number of nitrogens with two attached hydrogens (primary N) is 1. The Morgan fingerprint density at radius 3 is 2.89 bits per heavy atom. The average Bonchev–Trinajstić information content (AvgIpc) is 2.74. The zero-order chi connectivity index (χ0) is 19.5. The van der Waals surface area contributed by atoms with Crippen LogP contribution in [0.1, 0.15) is 18.4 Å². The second kappa shape index (κ2) is 7.85. The van der Waals surface area contributed by atoms with Crippen LogP contribution in [0, 0.1) is 0 Å². The topological polar surface area (TPSA) is 108 Å². The van der Waals surface area contributed by atoms with Gasteiger partial charge in [-0.2, -0.15) is 0 Å². The molecule has 4 rings (SSSR count). The summed E-state index contributed by atoms with van der Waals surface area (Å²) in [5.74, 6) is 2.41. The molecule has 0 bridgehead atoms. The van der Waals surface area contributed by atoms with E-state index in [4.69, 9.17) is 26.8 Å². The van der Waals surface area contributed by atoms with Crippen LogP contribution >= 0.6 is 11.6 Å². The summed E-state index contributed by atoms with van der Waals surface area (Å²) in [5, 5.41) is 3.73. The highest BCUT2D eigenvalue weighted by molar-refractivity contribution is 6.33. The molecule has 8 nitrogen and oxygen atoms in total. The van der Waals surface area contributed by atoms with Crippen LogP contribution in [0.15, 0.2) is 36.9 Å². The molecule has 0 fully saturated rings. The molecule has 0 radical (unpaired) electrons. The minimum absolute atomic E-state index is 0.157. The highest BCUT2D eigenvalue weighted by Crippen LogP contribution is 2.35. The Kier molecular flexibility index (Phi) is 5.12. The summed E-state index contributed by atoms with van der Waals surface area (Å²) in [4.78, 5) is 16.9. The summed E-state index contributed by atoms with van der Waals surface area (Å²) in [6.45, 7) is 3.80. The Morgan fingerprint density at radius 2 is 2.04 bits per heavy atom. The molecular weight excluding hydrogens is 380 g/mol. The van der Waals surface area contributed by atoms with Crippen molar-refractivity contribution in [3.8, 4) is 22.9 Å². The van der Waals surface area contributed by atoms with E-state index >= 15 is 0 Å². The Labute approximate surface area is 167 Å². The molecule has 0 aromatic carbocycles. The lowest BCUT2D eigenvalue weighted by Gasteiger charge is -2.22. The number of fused-ring (bicyclic) bond motifs is 1. The number of hydrogen-bond acceptors (Lipinski definition) is 8. The number of hydrogen-bond donors (Lipinski definition) is 2. The van der Waals surface area contributed by atoms with Gasteiger partial charge in [0, 0.05) is 42.0 Å². The second-order valence-corrected chi connectivity index (χ2v) is 6.80. The van der Waals surface area contributed by atoms with Crippen LogP contribution in [-0.4, -0.2) is 39.7 Å². The van der Waals surface area contributed by atoms with Gasteiger partial charge in [0.05, 0.1) is 10.7 Å². The third kappa shape index (κ3) is 3.77. The third-order valence-corrected chi connectivity index (χ3v) is 4.73. The molecule has 4 heterocycles. The lowest BCUT2D eigenvalue weighted by atomic mass is 10.0. The number of nitrogens with zero attached hydrogens (tertiary/aromatic N) is 4. The van der Waals surface area contributed by atoms with E-state index in [9.17, 15) is 0 Å². The van der Waals surface area contributed by atoms with Crippen molar-refractivity contribution in [1.82, 2.24) is 19.9 Å². The van der Waals surface area contributed by atoms with Crippen molar-refractivity contribution in [2.45, 2.75) is 12.8 Å². The minimum Gasteiger partial charge on any atom is -0.484 e. The molecule has 3 aromatic heterocycles. The van der Waals surface area contributed by atoms with Crippen molar-refractivity contribution in [2.75, 3.05) is 30.8 Å². The SMILES string of the molecule is C[C@H](CNc1cc(-c2cnc(N)c(Cl)c2)ncn1)c1ccnc2c1OCCO2. The van der Waals surface area contributed by atoms with Crippen molar-refractivity contribution < 1.29 is 9.47 Å². The molecule has 3 aromatic rings. The van der Waals surface area contributed by atoms with Gasteiger partial charge in [-0.15, -0.1) is 0 Å². The number of nitrogen functional groups attached to an aromatic ring is 1. The van der Waals surface area contributed by atoms with Gasteiger partial charge < -0.3 is 20.5 Å². The van der Waals surface area contributed by atoms with E-state index in [2.05, 4.69) is 32.2 Å². The van der Waals surface area contributed by atoms with Gasteiger partial charge in [-0.3, -0.25) is 0 Å². The van der Waals surface area contributed by atoms with Gasteiger partial charge >= 0.3 is 0 Å². The van der Waals surface area contributed by atoms with Crippen LogP contribution in [0.3, 0.4) is 0 Å². The molecule has 1 aliphatic rings. The van der Waals surface area contributed by atoms with Gasteiger partial charge in [0.15, 0.2) is 5.75 Å². The summed E-state index contributed by atoms with van der Waals surface area (Å²) < 4.78 is 11.3. The van der Waals surface area contributed by atoms with E-state index in [0.717, 1.165) is 11.1 Å². The molecule has 3 N–H and O–H groups in total. The molecule has 0 aliphatic carbocycles. The number of halogens is 1. The Morgan fingerprint density at radius 1 is 1.18 bits per heavy atom. The summed E-state index contributed by atoms with van der Waals surface area (Å²) in [7, 11) is 0. The standard InChI is InChI=1S/C19H19ClN6O2/c1-11(13-2-3-22-19-17(13)27-4-5-28-19)8-23-16-7-15(25-10-26-16)12-6-14(20)18(21)24-9-12/h2-3,6-7,9-11H,4-5,8H2,1H3,(H2,21,24)(H,23,25,26)/t11-/m1/s1. The number of nitrogens with one attached hydrogen (secondary N) is 1. The van der Waals surface area contributed by atoms with E-state index in [0.29, 0.717) is 53.7 Å². The van der Waals surface area contributed by atoms with E-state index in [-0.39, 0.29) is 5.92 Å². The molecule has 0 unspecified atom stereocenters. The first-order chi connectivity index (χ1) is 13.6. The van der Waals surface area contributed by atoms with Gasteiger partial charge in [0.25, 0.3) is 5.88 Å². The van der Waals surface area contributed by atoms with Gasteiger partial charge in [0.1, 0.15) is 31.2 Å². The maximum Gasteiger partial charge on any atom is 0.257 e. The number of pyridine rings is 2. The van der Waals surface area contributed by atoms with Crippen LogP contribution < -0.4 is 20.5 Å². The molecule has 0 spiro atoms. The molecule has 144 valence electrons. The van der Waals surface area contributed by atoms with Gasteiger partial charge in [-0.25, -0.2) is 19.9 Å². The third-order valence-electron chi connectivity index (χ3n) is 4.42. The quantitative estimate of drug-likeness (QED) is 0.674. The van der Waals surface area contributed by atoms with Crippen molar-refractivity contribution >= 4 is 23.2 Å². The van der Waals surface area contributed by atoms with E-state index in [1.165, 1.54) is 6.33 Å². The van der Waals surface area contributed by atoms with Crippen molar-refractivity contribution in [3.63, 3.8) is 0 Å². The lowest BCUT2D eigenvalue weighted by molar-refractivity contribution is 0.162. The van der Waals surface area contributed by atoms with Gasteiger partial charge in [0.2, 0.25) is 0 Å². The first-order valence-corrected chi connectivity index (χ1v) is 9.21. The molecule has 0 saturated carbocycles. The fourth-order valence-corrected chi connectivity index (χ4v) is 3.10. The smallest absolute Gasteiger partial charge is 0.257 e. The van der Waals surface area contributed by atoms with Crippen LogP contribution in [0.5, 0.6) is 11.6 Å². The Balaban J connectivity index is 1.49.